The molecule has 0 spiro atoms. The quantitative estimate of drug-likeness (QED) is 0.640. The zero-order valence-electron chi connectivity index (χ0n) is 11.4. The smallest absolute Gasteiger partial charge is 0.235 e. The fraction of sp³-hybridized carbons (Fsp3) is 0.118. The number of benzene rings is 2. The van der Waals surface area contributed by atoms with Gasteiger partial charge in [-0.05, 0) is 42.8 Å². The summed E-state index contributed by atoms with van der Waals surface area (Å²) in [4.78, 5) is 12.1. The number of halogens is 1. The Morgan fingerprint density at radius 2 is 2.00 bits per heavy atom. The van der Waals surface area contributed by atoms with E-state index in [1.54, 1.807) is 6.07 Å². The number of hydrogen-bond acceptors (Lipinski definition) is 3. The third-order valence-electron chi connectivity index (χ3n) is 3.20. The number of carbonyl (C=O) groups is 1. The molecule has 0 unspecified atom stereocenters. The molecule has 1 heterocycles. The lowest BCUT2D eigenvalue weighted by atomic mass is 10.2. The van der Waals surface area contributed by atoms with Crippen LogP contribution < -0.4 is 4.74 Å². The molecule has 2 aromatic carbocycles. The molecular formula is C17H13BrO3. The lowest BCUT2D eigenvalue weighted by Gasteiger charge is -2.06. The molecule has 3 aromatic rings. The van der Waals surface area contributed by atoms with Crippen molar-refractivity contribution < 1.29 is 13.9 Å². The Morgan fingerprint density at radius 3 is 2.76 bits per heavy atom. The number of ether oxygens (including phenoxy) is 1. The van der Waals surface area contributed by atoms with Gasteiger partial charge in [-0.3, -0.25) is 4.79 Å². The van der Waals surface area contributed by atoms with Crippen molar-refractivity contribution in [2.45, 2.75) is 6.92 Å². The van der Waals surface area contributed by atoms with E-state index < -0.39 is 0 Å². The minimum atomic E-state index is -0.174. The average Bonchev–Trinajstić information content (AvgIpc) is 2.92. The number of aryl methyl sites for hydroxylation is 1. The summed E-state index contributed by atoms with van der Waals surface area (Å²) in [6, 6.07) is 14.9. The highest BCUT2D eigenvalue weighted by Gasteiger charge is 2.13. The van der Waals surface area contributed by atoms with Gasteiger partial charge in [0.2, 0.25) is 5.78 Å². The SMILES string of the molecule is Cc1cc(OCC(=O)c2cc3ccccc3o2)ccc1Br. The first kappa shape index (κ1) is 13.9. The molecule has 0 amide bonds. The Morgan fingerprint density at radius 1 is 1.19 bits per heavy atom. The van der Waals surface area contributed by atoms with Crippen LogP contribution in [0.25, 0.3) is 11.0 Å². The van der Waals surface area contributed by atoms with Crippen molar-refractivity contribution in [3.8, 4) is 5.75 Å². The predicted molar refractivity (Wildman–Crippen MR) is 84.9 cm³/mol. The number of furan rings is 1. The van der Waals surface area contributed by atoms with Crippen molar-refractivity contribution in [2.75, 3.05) is 6.61 Å². The first-order chi connectivity index (χ1) is 10.1. The highest BCUT2D eigenvalue weighted by atomic mass is 79.9. The van der Waals surface area contributed by atoms with E-state index in [0.717, 1.165) is 15.4 Å². The maximum absolute atomic E-state index is 12.1. The molecule has 0 fully saturated rings. The predicted octanol–water partition coefficient (Wildman–Crippen LogP) is 4.77. The molecule has 0 aliphatic carbocycles. The second kappa shape index (κ2) is 5.74. The summed E-state index contributed by atoms with van der Waals surface area (Å²) in [7, 11) is 0. The summed E-state index contributed by atoms with van der Waals surface area (Å²) in [5, 5.41) is 0.917. The zero-order valence-corrected chi connectivity index (χ0v) is 13.0. The fourth-order valence-corrected chi connectivity index (χ4v) is 2.29. The molecule has 21 heavy (non-hydrogen) atoms. The third-order valence-corrected chi connectivity index (χ3v) is 4.09. The van der Waals surface area contributed by atoms with E-state index >= 15 is 0 Å². The summed E-state index contributed by atoms with van der Waals surface area (Å²) in [6.07, 6.45) is 0. The van der Waals surface area contributed by atoms with Crippen LogP contribution in [0.4, 0.5) is 0 Å². The van der Waals surface area contributed by atoms with Gasteiger partial charge in [0.25, 0.3) is 0 Å². The summed E-state index contributed by atoms with van der Waals surface area (Å²) in [6.45, 7) is 1.93. The second-order valence-corrected chi connectivity index (χ2v) is 5.63. The molecule has 3 rings (SSSR count). The number of fused-ring (bicyclic) bond motifs is 1. The maximum Gasteiger partial charge on any atom is 0.235 e. The van der Waals surface area contributed by atoms with Crippen LogP contribution in [0.1, 0.15) is 16.1 Å². The Balaban J connectivity index is 1.72. The molecule has 0 bridgehead atoms. The largest absolute Gasteiger partial charge is 0.485 e. The van der Waals surface area contributed by atoms with Crippen LogP contribution in [0.15, 0.2) is 57.4 Å². The molecule has 0 saturated carbocycles. The number of Topliss-reactive ketones (excluding diaryl/α,β-unsaturated/α-hetero) is 1. The van der Waals surface area contributed by atoms with E-state index in [4.69, 9.17) is 9.15 Å². The van der Waals surface area contributed by atoms with Crippen LogP contribution in [0, 0.1) is 6.92 Å². The van der Waals surface area contributed by atoms with E-state index in [1.165, 1.54) is 0 Å². The Kier molecular flexibility index (Phi) is 3.80. The Hall–Kier alpha value is -2.07. The summed E-state index contributed by atoms with van der Waals surface area (Å²) >= 11 is 3.43. The molecule has 0 N–H and O–H groups in total. The standard InChI is InChI=1S/C17H13BrO3/c1-11-8-13(6-7-14(11)18)20-10-15(19)17-9-12-4-2-3-5-16(12)21-17/h2-9H,10H2,1H3. The van der Waals surface area contributed by atoms with Crippen LogP contribution in [0.5, 0.6) is 5.75 Å². The van der Waals surface area contributed by atoms with Gasteiger partial charge in [-0.15, -0.1) is 0 Å². The van der Waals surface area contributed by atoms with Crippen LogP contribution >= 0.6 is 15.9 Å². The molecule has 0 atom stereocenters. The molecule has 106 valence electrons. The number of para-hydroxylation sites is 1. The normalized spacial score (nSPS) is 10.8. The van der Waals surface area contributed by atoms with E-state index in [0.29, 0.717) is 17.1 Å². The number of hydrogen-bond donors (Lipinski definition) is 0. The number of carbonyl (C=O) groups excluding carboxylic acids is 1. The number of ketones is 1. The second-order valence-electron chi connectivity index (χ2n) is 4.77. The fourth-order valence-electron chi connectivity index (χ4n) is 2.05. The van der Waals surface area contributed by atoms with Crippen LogP contribution in [0.3, 0.4) is 0 Å². The minimum Gasteiger partial charge on any atom is -0.485 e. The van der Waals surface area contributed by atoms with Gasteiger partial charge in [-0.25, -0.2) is 0 Å². The molecular weight excluding hydrogens is 332 g/mol. The molecule has 3 nitrogen and oxygen atoms in total. The van der Waals surface area contributed by atoms with E-state index in [2.05, 4.69) is 15.9 Å². The first-order valence-corrected chi connectivity index (χ1v) is 7.33. The van der Waals surface area contributed by atoms with E-state index in [-0.39, 0.29) is 12.4 Å². The van der Waals surface area contributed by atoms with Crippen molar-refractivity contribution in [2.24, 2.45) is 0 Å². The van der Waals surface area contributed by atoms with Crippen LogP contribution in [-0.4, -0.2) is 12.4 Å². The lowest BCUT2D eigenvalue weighted by Crippen LogP contribution is -2.10. The minimum absolute atomic E-state index is 0.0408. The van der Waals surface area contributed by atoms with Gasteiger partial charge in [0.1, 0.15) is 11.3 Å². The first-order valence-electron chi connectivity index (χ1n) is 6.54. The topological polar surface area (TPSA) is 39.4 Å². The average molecular weight is 345 g/mol. The zero-order chi connectivity index (χ0) is 14.8. The highest BCUT2D eigenvalue weighted by Crippen LogP contribution is 2.22. The molecule has 0 saturated heterocycles. The molecule has 4 heteroatoms. The monoisotopic (exact) mass is 344 g/mol. The number of rotatable bonds is 4. The Labute approximate surface area is 130 Å². The lowest BCUT2D eigenvalue weighted by molar-refractivity contribution is 0.0896. The van der Waals surface area contributed by atoms with Gasteiger partial charge in [-0.1, -0.05) is 34.1 Å². The van der Waals surface area contributed by atoms with Crippen molar-refractivity contribution in [3.63, 3.8) is 0 Å². The van der Waals surface area contributed by atoms with Crippen molar-refractivity contribution >= 4 is 32.7 Å². The van der Waals surface area contributed by atoms with Crippen molar-refractivity contribution in [1.29, 1.82) is 0 Å². The molecule has 0 radical (unpaired) electrons. The van der Waals surface area contributed by atoms with Gasteiger partial charge >= 0.3 is 0 Å². The van der Waals surface area contributed by atoms with Gasteiger partial charge in [0.05, 0.1) is 0 Å². The van der Waals surface area contributed by atoms with Crippen molar-refractivity contribution in [1.82, 2.24) is 0 Å². The van der Waals surface area contributed by atoms with Gasteiger partial charge in [-0.2, -0.15) is 0 Å². The summed E-state index contributed by atoms with van der Waals surface area (Å²) < 4.78 is 12.1. The van der Waals surface area contributed by atoms with Gasteiger partial charge in [0, 0.05) is 9.86 Å². The van der Waals surface area contributed by atoms with Crippen LogP contribution in [-0.2, 0) is 0 Å². The van der Waals surface area contributed by atoms with E-state index in [9.17, 15) is 4.79 Å². The molecule has 0 aliphatic rings. The highest BCUT2D eigenvalue weighted by molar-refractivity contribution is 9.10. The van der Waals surface area contributed by atoms with Gasteiger partial charge < -0.3 is 9.15 Å². The summed E-state index contributed by atoms with van der Waals surface area (Å²) in [5.41, 5.74) is 1.77. The van der Waals surface area contributed by atoms with Gasteiger partial charge in [0.15, 0.2) is 12.4 Å². The summed E-state index contributed by atoms with van der Waals surface area (Å²) in [5.74, 6) is 0.817. The Bertz CT molecular complexity index is 772. The molecule has 0 aliphatic heterocycles. The van der Waals surface area contributed by atoms with E-state index in [1.807, 2.05) is 49.4 Å². The van der Waals surface area contributed by atoms with Crippen molar-refractivity contribution in [3.05, 3.63) is 64.3 Å². The maximum atomic E-state index is 12.1. The molecule has 1 aromatic heterocycles. The van der Waals surface area contributed by atoms with Crippen LogP contribution in [0.2, 0.25) is 0 Å². The third kappa shape index (κ3) is 3.00.